The third-order valence-electron chi connectivity index (χ3n) is 2.74. The molecule has 1 rings (SSSR count). The zero-order valence-corrected chi connectivity index (χ0v) is 12.2. The molecule has 1 atom stereocenters. The van der Waals surface area contributed by atoms with Crippen molar-refractivity contribution in [2.24, 2.45) is 0 Å². The molecule has 102 valence electrons. The molecule has 4 nitrogen and oxygen atoms in total. The van der Waals surface area contributed by atoms with Crippen molar-refractivity contribution in [1.29, 1.82) is 0 Å². The molecule has 0 saturated heterocycles. The van der Waals surface area contributed by atoms with E-state index in [9.17, 15) is 0 Å². The second-order valence-electron chi connectivity index (χ2n) is 4.57. The molecule has 0 saturated carbocycles. The fraction of sp³-hybridized carbons (Fsp3) is 0.714. The maximum atomic E-state index is 5.69. The number of aromatic nitrogens is 2. The molecule has 1 N–H and O–H groups in total. The molecular weight excluding hydrogens is 226 g/mol. The lowest BCUT2D eigenvalue weighted by atomic mass is 10.1. The smallest absolute Gasteiger partial charge is 0.159 e. The van der Waals surface area contributed by atoms with Crippen LogP contribution in [0.2, 0.25) is 0 Å². The maximum Gasteiger partial charge on any atom is 0.159 e. The SMILES string of the molecule is CCNc1cc(C(C)C)nc(C(CC)OCC)n1. The molecule has 18 heavy (non-hydrogen) atoms. The molecule has 0 aliphatic heterocycles. The summed E-state index contributed by atoms with van der Waals surface area (Å²) < 4.78 is 5.69. The normalized spacial score (nSPS) is 12.8. The van der Waals surface area contributed by atoms with Crippen molar-refractivity contribution in [3.8, 4) is 0 Å². The molecule has 0 radical (unpaired) electrons. The topological polar surface area (TPSA) is 47.0 Å². The molecule has 0 fully saturated rings. The molecule has 0 bridgehead atoms. The van der Waals surface area contributed by atoms with Gasteiger partial charge in [-0.3, -0.25) is 0 Å². The van der Waals surface area contributed by atoms with Gasteiger partial charge in [0, 0.05) is 24.9 Å². The number of hydrogen-bond acceptors (Lipinski definition) is 4. The first kappa shape index (κ1) is 14.9. The largest absolute Gasteiger partial charge is 0.371 e. The first-order valence-electron chi connectivity index (χ1n) is 6.86. The van der Waals surface area contributed by atoms with Crippen LogP contribution in [0.1, 0.15) is 64.6 Å². The number of nitrogens with one attached hydrogen (secondary N) is 1. The van der Waals surface area contributed by atoms with Gasteiger partial charge in [-0.05, 0) is 26.2 Å². The third kappa shape index (κ3) is 3.95. The second kappa shape index (κ2) is 7.31. The van der Waals surface area contributed by atoms with E-state index in [-0.39, 0.29) is 6.10 Å². The average molecular weight is 251 g/mol. The Hall–Kier alpha value is -1.16. The molecule has 4 heteroatoms. The van der Waals surface area contributed by atoms with Crippen LogP contribution in [0, 0.1) is 0 Å². The van der Waals surface area contributed by atoms with Crippen molar-refractivity contribution >= 4 is 5.82 Å². The minimum atomic E-state index is -0.00824. The Kier molecular flexibility index (Phi) is 6.05. The van der Waals surface area contributed by atoms with Crippen molar-refractivity contribution in [3.63, 3.8) is 0 Å². The Morgan fingerprint density at radius 3 is 2.44 bits per heavy atom. The Balaban J connectivity index is 3.08. The summed E-state index contributed by atoms with van der Waals surface area (Å²) in [6.45, 7) is 12.0. The zero-order chi connectivity index (χ0) is 13.5. The van der Waals surface area contributed by atoms with Crippen LogP contribution in [0.3, 0.4) is 0 Å². The molecule has 0 aliphatic carbocycles. The Morgan fingerprint density at radius 1 is 1.22 bits per heavy atom. The van der Waals surface area contributed by atoms with Gasteiger partial charge in [0.15, 0.2) is 5.82 Å². The minimum absolute atomic E-state index is 0.00824. The molecule has 0 amide bonds. The number of hydrogen-bond donors (Lipinski definition) is 1. The fourth-order valence-corrected chi connectivity index (χ4v) is 1.77. The summed E-state index contributed by atoms with van der Waals surface area (Å²) >= 11 is 0. The highest BCUT2D eigenvalue weighted by molar-refractivity contribution is 5.37. The van der Waals surface area contributed by atoms with Gasteiger partial charge in [0.25, 0.3) is 0 Å². The van der Waals surface area contributed by atoms with E-state index in [4.69, 9.17) is 4.74 Å². The van der Waals surface area contributed by atoms with Crippen molar-refractivity contribution in [2.75, 3.05) is 18.5 Å². The molecule has 1 unspecified atom stereocenters. The molecular formula is C14H25N3O. The van der Waals surface area contributed by atoms with Gasteiger partial charge in [0.1, 0.15) is 11.9 Å². The highest BCUT2D eigenvalue weighted by Crippen LogP contribution is 2.22. The molecule has 1 aromatic rings. The van der Waals surface area contributed by atoms with E-state index in [0.717, 1.165) is 30.3 Å². The van der Waals surface area contributed by atoms with Gasteiger partial charge in [0.05, 0.1) is 0 Å². The van der Waals surface area contributed by atoms with Crippen molar-refractivity contribution in [1.82, 2.24) is 9.97 Å². The van der Waals surface area contributed by atoms with Gasteiger partial charge >= 0.3 is 0 Å². The third-order valence-corrected chi connectivity index (χ3v) is 2.74. The predicted octanol–water partition coefficient (Wildman–Crippen LogP) is 3.52. The predicted molar refractivity (Wildman–Crippen MR) is 74.9 cm³/mol. The molecule has 0 aliphatic rings. The van der Waals surface area contributed by atoms with Crippen LogP contribution in [0.5, 0.6) is 0 Å². The number of anilines is 1. The monoisotopic (exact) mass is 251 g/mol. The molecule has 1 aromatic heterocycles. The maximum absolute atomic E-state index is 5.69. The van der Waals surface area contributed by atoms with Crippen molar-refractivity contribution in [3.05, 3.63) is 17.6 Å². The van der Waals surface area contributed by atoms with Crippen LogP contribution in [0.4, 0.5) is 5.82 Å². The van der Waals surface area contributed by atoms with E-state index in [1.807, 2.05) is 13.0 Å². The lowest BCUT2D eigenvalue weighted by Gasteiger charge is -2.17. The summed E-state index contributed by atoms with van der Waals surface area (Å²) in [4.78, 5) is 9.18. The van der Waals surface area contributed by atoms with Gasteiger partial charge in [0.2, 0.25) is 0 Å². The highest BCUT2D eigenvalue weighted by Gasteiger charge is 2.15. The second-order valence-corrected chi connectivity index (χ2v) is 4.57. The summed E-state index contributed by atoms with van der Waals surface area (Å²) in [5.41, 5.74) is 1.06. The van der Waals surface area contributed by atoms with Gasteiger partial charge in [-0.25, -0.2) is 9.97 Å². The summed E-state index contributed by atoms with van der Waals surface area (Å²) in [6, 6.07) is 2.02. The number of rotatable bonds is 7. The van der Waals surface area contributed by atoms with Gasteiger partial charge in [-0.1, -0.05) is 20.8 Å². The Morgan fingerprint density at radius 2 is 1.94 bits per heavy atom. The Bertz CT molecular complexity index is 366. The summed E-state index contributed by atoms with van der Waals surface area (Å²) in [7, 11) is 0. The zero-order valence-electron chi connectivity index (χ0n) is 12.2. The van der Waals surface area contributed by atoms with E-state index < -0.39 is 0 Å². The first-order valence-corrected chi connectivity index (χ1v) is 6.86. The quantitative estimate of drug-likeness (QED) is 0.805. The number of ether oxygens (including phenoxy) is 1. The van der Waals surface area contributed by atoms with Crippen molar-refractivity contribution < 1.29 is 4.74 Å². The summed E-state index contributed by atoms with van der Waals surface area (Å²) in [6.07, 6.45) is 0.882. The van der Waals surface area contributed by atoms with Crippen LogP contribution in [0.15, 0.2) is 6.07 Å². The fourth-order valence-electron chi connectivity index (χ4n) is 1.77. The van der Waals surface area contributed by atoms with Crippen LogP contribution < -0.4 is 5.32 Å². The molecule has 0 aromatic carbocycles. The van der Waals surface area contributed by atoms with Crippen LogP contribution in [0.25, 0.3) is 0 Å². The van der Waals surface area contributed by atoms with Gasteiger partial charge in [-0.2, -0.15) is 0 Å². The summed E-state index contributed by atoms with van der Waals surface area (Å²) in [5, 5.41) is 3.26. The van der Waals surface area contributed by atoms with Crippen molar-refractivity contribution in [2.45, 2.75) is 53.1 Å². The van der Waals surface area contributed by atoms with E-state index in [2.05, 4.69) is 43.0 Å². The standard InChI is InChI=1S/C14H25N3O/c1-6-12(18-8-3)14-16-11(10(4)5)9-13(17-14)15-7-2/h9-10,12H,6-8H2,1-5H3,(H,15,16,17). The Labute approximate surface area is 110 Å². The van der Waals surface area contributed by atoms with Crippen LogP contribution in [-0.2, 0) is 4.74 Å². The average Bonchev–Trinajstić information content (AvgIpc) is 2.35. The lowest BCUT2D eigenvalue weighted by Crippen LogP contribution is -2.12. The van der Waals surface area contributed by atoms with Gasteiger partial charge in [-0.15, -0.1) is 0 Å². The molecule has 1 heterocycles. The molecule has 0 spiro atoms. The van der Waals surface area contributed by atoms with Crippen LogP contribution in [-0.4, -0.2) is 23.1 Å². The lowest BCUT2D eigenvalue weighted by molar-refractivity contribution is 0.0534. The van der Waals surface area contributed by atoms with E-state index in [0.29, 0.717) is 12.5 Å². The van der Waals surface area contributed by atoms with Crippen LogP contribution >= 0.6 is 0 Å². The van der Waals surface area contributed by atoms with Gasteiger partial charge < -0.3 is 10.1 Å². The highest BCUT2D eigenvalue weighted by atomic mass is 16.5. The van der Waals surface area contributed by atoms with E-state index >= 15 is 0 Å². The summed E-state index contributed by atoms with van der Waals surface area (Å²) in [5.74, 6) is 2.08. The number of nitrogens with zero attached hydrogens (tertiary/aromatic N) is 2. The first-order chi connectivity index (χ1) is 8.62. The van der Waals surface area contributed by atoms with E-state index in [1.54, 1.807) is 0 Å². The van der Waals surface area contributed by atoms with E-state index in [1.165, 1.54) is 0 Å². The minimum Gasteiger partial charge on any atom is -0.371 e.